The van der Waals surface area contributed by atoms with Gasteiger partial charge in [0.1, 0.15) is 22.7 Å². The molecule has 0 fully saturated rings. The van der Waals surface area contributed by atoms with E-state index in [1.165, 1.54) is 14.0 Å². The van der Waals surface area contributed by atoms with Gasteiger partial charge in [-0.25, -0.2) is 13.6 Å². The molecule has 130 valence electrons. The van der Waals surface area contributed by atoms with Crippen LogP contribution >= 0.6 is 0 Å². The summed E-state index contributed by atoms with van der Waals surface area (Å²) in [6.07, 6.45) is 0.757. The van der Waals surface area contributed by atoms with E-state index in [2.05, 4.69) is 9.73 Å². The molecule has 10 heteroatoms. The second kappa shape index (κ2) is 7.57. The first-order valence-electron chi connectivity index (χ1n) is 6.53. The lowest BCUT2D eigenvalue weighted by Gasteiger charge is -2.11. The lowest BCUT2D eigenvalue weighted by Crippen LogP contribution is -2.14. The third-order valence-electron chi connectivity index (χ3n) is 2.94. The van der Waals surface area contributed by atoms with Crippen LogP contribution in [0.25, 0.3) is 5.76 Å². The summed E-state index contributed by atoms with van der Waals surface area (Å²) >= 11 is 0. The Morgan fingerprint density at radius 2 is 1.92 bits per heavy atom. The number of esters is 1. The fraction of sp³-hybridized carbons (Fsp3) is 0.286. The van der Waals surface area contributed by atoms with Crippen LogP contribution in [0.4, 0.5) is 18.9 Å². The Labute approximate surface area is 134 Å². The Morgan fingerprint density at radius 1 is 1.33 bits per heavy atom. The molecule has 0 atom stereocenters. The van der Waals surface area contributed by atoms with Crippen LogP contribution in [0.5, 0.6) is 0 Å². The third-order valence-corrected chi connectivity index (χ3v) is 2.94. The molecule has 0 aliphatic carbocycles. The van der Waals surface area contributed by atoms with E-state index in [9.17, 15) is 33.2 Å². The van der Waals surface area contributed by atoms with Gasteiger partial charge in [-0.05, 0) is 13.8 Å². The quantitative estimate of drug-likeness (QED) is 0.168. The van der Waals surface area contributed by atoms with Crippen molar-refractivity contribution in [2.45, 2.75) is 13.8 Å². The lowest BCUT2D eigenvalue weighted by atomic mass is 10.0. The molecule has 0 heterocycles. The highest BCUT2D eigenvalue weighted by Gasteiger charge is 2.35. The smallest absolute Gasteiger partial charge is 0.343 e. The Balaban J connectivity index is 3.91. The summed E-state index contributed by atoms with van der Waals surface area (Å²) in [5.74, 6) is -7.76. The molecular weight excluding hydrogens is 333 g/mol. The minimum absolute atomic E-state index is 0.117. The van der Waals surface area contributed by atoms with Crippen LogP contribution in [-0.4, -0.2) is 35.9 Å². The number of aliphatic hydroxyl groups excluding tert-OH is 1. The zero-order valence-electron chi connectivity index (χ0n) is 12.9. The average molecular weight is 346 g/mol. The lowest BCUT2D eigenvalue weighted by molar-refractivity contribution is -0.388. The van der Waals surface area contributed by atoms with Crippen LogP contribution < -0.4 is 0 Å². The van der Waals surface area contributed by atoms with E-state index in [4.69, 9.17) is 0 Å². The number of carbonyl (C=O) groups excluding carboxylic acids is 1. The predicted octanol–water partition coefficient (Wildman–Crippen LogP) is 2.85. The molecular formula is C14H13F3N2O5. The first-order chi connectivity index (χ1) is 11.2. The SMILES string of the molecule is CCOC(=O)C(C=NC)=C(O)c1c(F)c(C)c(F)c(F)c1[N+](=O)[O-]. The number of rotatable bonds is 5. The van der Waals surface area contributed by atoms with Crippen LogP contribution in [0.3, 0.4) is 0 Å². The highest BCUT2D eigenvalue weighted by atomic mass is 19.2. The fourth-order valence-corrected chi connectivity index (χ4v) is 1.84. The molecule has 1 aromatic rings. The van der Waals surface area contributed by atoms with Gasteiger partial charge in [-0.15, -0.1) is 0 Å². The van der Waals surface area contributed by atoms with E-state index < -0.39 is 56.5 Å². The Kier molecular flexibility index (Phi) is 6.04. The summed E-state index contributed by atoms with van der Waals surface area (Å²) in [5, 5.41) is 21.1. The van der Waals surface area contributed by atoms with Crippen molar-refractivity contribution in [1.29, 1.82) is 0 Å². The summed E-state index contributed by atoms with van der Waals surface area (Å²) in [6.45, 7) is 2.15. The van der Waals surface area contributed by atoms with Gasteiger partial charge in [-0.2, -0.15) is 4.39 Å². The number of hydrogen-bond acceptors (Lipinski definition) is 6. The van der Waals surface area contributed by atoms with Crippen molar-refractivity contribution in [3.05, 3.63) is 44.3 Å². The standard InChI is InChI=1S/C14H13F3N2O5/c1-4-24-14(21)7(5-18-3)13(20)8-9(15)6(2)10(16)11(17)12(8)19(22)23/h5,20H,4H2,1-3H3. The number of carbonyl (C=O) groups is 1. The predicted molar refractivity (Wildman–Crippen MR) is 78.3 cm³/mol. The van der Waals surface area contributed by atoms with E-state index in [1.54, 1.807) is 0 Å². The van der Waals surface area contributed by atoms with Gasteiger partial charge in [-0.3, -0.25) is 15.1 Å². The molecule has 0 saturated carbocycles. The summed E-state index contributed by atoms with van der Waals surface area (Å²) in [7, 11) is 1.20. The van der Waals surface area contributed by atoms with Crippen molar-refractivity contribution in [3.63, 3.8) is 0 Å². The van der Waals surface area contributed by atoms with E-state index in [0.717, 1.165) is 13.1 Å². The summed E-state index contributed by atoms with van der Waals surface area (Å²) < 4.78 is 46.3. The third kappa shape index (κ3) is 3.36. The first-order valence-corrected chi connectivity index (χ1v) is 6.53. The van der Waals surface area contributed by atoms with Gasteiger partial charge in [-0.1, -0.05) is 0 Å². The highest BCUT2D eigenvalue weighted by molar-refractivity contribution is 6.15. The highest BCUT2D eigenvalue weighted by Crippen LogP contribution is 2.35. The van der Waals surface area contributed by atoms with Gasteiger partial charge in [0.15, 0.2) is 5.82 Å². The summed E-state index contributed by atoms with van der Waals surface area (Å²) in [4.78, 5) is 24.8. The molecule has 0 bridgehead atoms. The second-order valence-corrected chi connectivity index (χ2v) is 4.42. The van der Waals surface area contributed by atoms with Crippen molar-refractivity contribution in [3.8, 4) is 0 Å². The molecule has 0 radical (unpaired) electrons. The normalized spacial score (nSPS) is 12.2. The summed E-state index contributed by atoms with van der Waals surface area (Å²) in [5.41, 5.74) is -4.54. The van der Waals surface area contributed by atoms with E-state index in [0.29, 0.717) is 0 Å². The number of halogens is 3. The van der Waals surface area contributed by atoms with Crippen LogP contribution in [-0.2, 0) is 9.53 Å². The molecule has 0 spiro atoms. The Hall–Kier alpha value is -2.91. The number of aliphatic hydroxyl groups is 1. The zero-order valence-corrected chi connectivity index (χ0v) is 12.9. The minimum atomic E-state index is -1.96. The van der Waals surface area contributed by atoms with Crippen molar-refractivity contribution < 1.29 is 32.7 Å². The molecule has 0 unspecified atom stereocenters. The maximum Gasteiger partial charge on any atom is 0.343 e. The second-order valence-electron chi connectivity index (χ2n) is 4.42. The van der Waals surface area contributed by atoms with Crippen LogP contribution in [0.2, 0.25) is 0 Å². The Bertz CT molecular complexity index is 760. The van der Waals surface area contributed by atoms with Crippen molar-refractivity contribution in [2.24, 2.45) is 4.99 Å². The molecule has 1 rings (SSSR count). The summed E-state index contributed by atoms with van der Waals surface area (Å²) in [6, 6.07) is 0. The largest absolute Gasteiger partial charge is 0.506 e. The molecule has 0 saturated heterocycles. The van der Waals surface area contributed by atoms with Gasteiger partial charge >= 0.3 is 11.7 Å². The molecule has 0 aromatic heterocycles. The first kappa shape index (κ1) is 19.1. The molecule has 0 aliphatic heterocycles. The van der Waals surface area contributed by atoms with Crippen molar-refractivity contribution >= 4 is 23.6 Å². The number of nitro groups is 1. The monoisotopic (exact) mass is 346 g/mol. The van der Waals surface area contributed by atoms with Crippen molar-refractivity contribution in [2.75, 3.05) is 13.7 Å². The fourth-order valence-electron chi connectivity index (χ4n) is 1.84. The van der Waals surface area contributed by atoms with Gasteiger partial charge in [0.05, 0.1) is 11.5 Å². The number of benzene rings is 1. The zero-order chi connectivity index (χ0) is 18.6. The van der Waals surface area contributed by atoms with E-state index in [1.807, 2.05) is 0 Å². The maximum absolute atomic E-state index is 14.3. The topological polar surface area (TPSA) is 102 Å². The van der Waals surface area contributed by atoms with Crippen LogP contribution in [0, 0.1) is 34.5 Å². The number of nitrogens with zero attached hydrogens (tertiary/aromatic N) is 2. The number of hydrogen-bond donors (Lipinski definition) is 1. The van der Waals surface area contributed by atoms with E-state index >= 15 is 0 Å². The molecule has 1 aromatic carbocycles. The molecule has 0 aliphatic rings. The van der Waals surface area contributed by atoms with Gasteiger partial charge < -0.3 is 9.84 Å². The van der Waals surface area contributed by atoms with Gasteiger partial charge in [0, 0.05) is 18.8 Å². The molecule has 0 amide bonds. The number of ether oxygens (including phenoxy) is 1. The maximum atomic E-state index is 14.3. The average Bonchev–Trinajstić information content (AvgIpc) is 2.52. The van der Waals surface area contributed by atoms with Crippen LogP contribution in [0.1, 0.15) is 18.1 Å². The van der Waals surface area contributed by atoms with Crippen LogP contribution in [0.15, 0.2) is 10.6 Å². The van der Waals surface area contributed by atoms with Gasteiger partial charge in [0.2, 0.25) is 5.82 Å². The van der Waals surface area contributed by atoms with Crippen molar-refractivity contribution in [1.82, 2.24) is 0 Å². The Morgan fingerprint density at radius 3 is 2.38 bits per heavy atom. The number of nitro benzene ring substituents is 1. The molecule has 1 N–H and O–H groups in total. The molecule has 24 heavy (non-hydrogen) atoms. The number of aliphatic imine (C=N–C) groups is 1. The molecule has 7 nitrogen and oxygen atoms in total. The van der Waals surface area contributed by atoms with E-state index in [-0.39, 0.29) is 6.61 Å². The van der Waals surface area contributed by atoms with Gasteiger partial charge in [0.25, 0.3) is 0 Å². The minimum Gasteiger partial charge on any atom is -0.506 e.